The number of thiocarbonyl (C=S) groups is 1. The Morgan fingerprint density at radius 2 is 1.56 bits per heavy atom. The van der Waals surface area contributed by atoms with Crippen LogP contribution in [0.2, 0.25) is 0 Å². The van der Waals surface area contributed by atoms with E-state index in [1.807, 2.05) is 13.8 Å². The van der Waals surface area contributed by atoms with Gasteiger partial charge in [0.2, 0.25) is 0 Å². The van der Waals surface area contributed by atoms with Crippen LogP contribution in [0.25, 0.3) is 0 Å². The van der Waals surface area contributed by atoms with Gasteiger partial charge in [-0.2, -0.15) is 0 Å². The molecule has 25 heavy (non-hydrogen) atoms. The van der Waals surface area contributed by atoms with E-state index in [1.165, 1.54) is 12.1 Å². The molecule has 0 unspecified atom stereocenters. The summed E-state index contributed by atoms with van der Waals surface area (Å²) < 4.78 is 32.5. The van der Waals surface area contributed by atoms with Crippen LogP contribution in [0.5, 0.6) is 5.75 Å². The average Bonchev–Trinajstić information content (AvgIpc) is 2.55. The molecule has 0 atom stereocenters. The lowest BCUT2D eigenvalue weighted by Gasteiger charge is -2.13. The molecule has 0 saturated carbocycles. The zero-order chi connectivity index (χ0) is 18.4. The molecule has 0 amide bonds. The molecule has 2 aromatic rings. The Morgan fingerprint density at radius 3 is 2.08 bits per heavy atom. The Morgan fingerprint density at radius 1 is 1.00 bits per heavy atom. The molecule has 0 spiro atoms. The summed E-state index contributed by atoms with van der Waals surface area (Å²) in [5, 5.41) is 6.55. The topological polar surface area (TPSA) is 79.5 Å². The molecule has 0 heterocycles. The van der Waals surface area contributed by atoms with Crippen LogP contribution in [-0.2, 0) is 10.0 Å². The molecule has 8 heteroatoms. The first-order valence-corrected chi connectivity index (χ1v) is 9.54. The zero-order valence-electron chi connectivity index (χ0n) is 14.2. The van der Waals surface area contributed by atoms with Gasteiger partial charge in [0.25, 0.3) is 10.0 Å². The van der Waals surface area contributed by atoms with E-state index in [2.05, 4.69) is 15.4 Å². The normalized spacial score (nSPS) is 11.0. The van der Waals surface area contributed by atoms with Gasteiger partial charge in [-0.3, -0.25) is 4.72 Å². The van der Waals surface area contributed by atoms with Crippen molar-refractivity contribution in [3.63, 3.8) is 0 Å². The first-order chi connectivity index (χ1) is 11.8. The van der Waals surface area contributed by atoms with Gasteiger partial charge >= 0.3 is 0 Å². The van der Waals surface area contributed by atoms with E-state index in [-0.39, 0.29) is 10.9 Å². The van der Waals surface area contributed by atoms with E-state index in [1.54, 1.807) is 43.5 Å². The fraction of sp³-hybridized carbons (Fsp3) is 0.235. The minimum absolute atomic E-state index is 0.164. The van der Waals surface area contributed by atoms with Crippen LogP contribution in [0.1, 0.15) is 13.8 Å². The molecule has 0 aliphatic carbocycles. The van der Waals surface area contributed by atoms with Gasteiger partial charge in [0, 0.05) is 17.4 Å². The molecule has 0 fully saturated rings. The predicted octanol–water partition coefficient (Wildman–Crippen LogP) is 3.19. The molecular formula is C17H21N3O3S2. The third kappa shape index (κ3) is 5.61. The van der Waals surface area contributed by atoms with Crippen LogP contribution in [0.3, 0.4) is 0 Å². The number of sulfonamides is 1. The van der Waals surface area contributed by atoms with E-state index in [0.717, 1.165) is 0 Å². The molecule has 0 aliphatic rings. The standard InChI is InChI=1S/C17H21N3O3S2/c1-12(2)18-17(24)19-13-6-10-16(11-7-13)25(21,22)20-14-4-8-15(23-3)9-5-14/h4-12,20H,1-3H3,(H2,18,19,24). The second-order valence-electron chi connectivity index (χ2n) is 5.61. The summed E-state index contributed by atoms with van der Waals surface area (Å²) in [6.07, 6.45) is 0. The molecule has 0 aromatic heterocycles. The van der Waals surface area contributed by atoms with Crippen molar-refractivity contribution < 1.29 is 13.2 Å². The second-order valence-corrected chi connectivity index (χ2v) is 7.70. The maximum atomic E-state index is 12.4. The summed E-state index contributed by atoms with van der Waals surface area (Å²) in [6, 6.07) is 13.2. The lowest BCUT2D eigenvalue weighted by molar-refractivity contribution is 0.415. The van der Waals surface area contributed by atoms with Gasteiger partial charge in [-0.05, 0) is 74.6 Å². The lowest BCUT2D eigenvalue weighted by atomic mass is 10.3. The molecule has 3 N–H and O–H groups in total. The van der Waals surface area contributed by atoms with Crippen LogP contribution in [0.4, 0.5) is 11.4 Å². The Kier molecular flexibility index (Phi) is 6.22. The highest BCUT2D eigenvalue weighted by atomic mass is 32.2. The van der Waals surface area contributed by atoms with Gasteiger partial charge in [-0.25, -0.2) is 8.42 Å². The molecule has 0 radical (unpaired) electrons. The zero-order valence-corrected chi connectivity index (χ0v) is 15.9. The first-order valence-electron chi connectivity index (χ1n) is 7.64. The van der Waals surface area contributed by atoms with Gasteiger partial charge in [-0.15, -0.1) is 0 Å². The van der Waals surface area contributed by atoms with Crippen LogP contribution < -0.4 is 20.1 Å². The molecule has 6 nitrogen and oxygen atoms in total. The minimum atomic E-state index is -3.66. The highest BCUT2D eigenvalue weighted by Gasteiger charge is 2.14. The molecule has 2 aromatic carbocycles. The quantitative estimate of drug-likeness (QED) is 0.669. The third-order valence-electron chi connectivity index (χ3n) is 3.18. The maximum Gasteiger partial charge on any atom is 0.261 e. The maximum absolute atomic E-state index is 12.4. The summed E-state index contributed by atoms with van der Waals surface area (Å²) >= 11 is 5.16. The summed E-state index contributed by atoms with van der Waals surface area (Å²) in [4.78, 5) is 0.164. The largest absolute Gasteiger partial charge is 0.497 e. The van der Waals surface area contributed by atoms with E-state index >= 15 is 0 Å². The SMILES string of the molecule is COc1ccc(NS(=O)(=O)c2ccc(NC(=S)NC(C)C)cc2)cc1. The monoisotopic (exact) mass is 379 g/mol. The fourth-order valence-electron chi connectivity index (χ4n) is 2.02. The van der Waals surface area contributed by atoms with Gasteiger partial charge in [0.1, 0.15) is 5.75 Å². The van der Waals surface area contributed by atoms with Crippen molar-refractivity contribution in [1.82, 2.24) is 5.32 Å². The van der Waals surface area contributed by atoms with Gasteiger partial charge in [0.15, 0.2) is 5.11 Å². The third-order valence-corrected chi connectivity index (χ3v) is 4.80. The molecular weight excluding hydrogens is 358 g/mol. The molecule has 2 rings (SSSR count). The van der Waals surface area contributed by atoms with Crippen molar-refractivity contribution in [2.75, 3.05) is 17.1 Å². The summed E-state index contributed by atoms with van der Waals surface area (Å²) in [5.41, 5.74) is 1.17. The summed E-state index contributed by atoms with van der Waals surface area (Å²) in [6.45, 7) is 3.96. The number of hydrogen-bond donors (Lipinski definition) is 3. The Hall–Kier alpha value is -2.32. The van der Waals surface area contributed by atoms with Crippen molar-refractivity contribution in [2.24, 2.45) is 0 Å². The molecule has 134 valence electrons. The number of methoxy groups -OCH3 is 1. The van der Waals surface area contributed by atoms with Gasteiger partial charge < -0.3 is 15.4 Å². The fourth-order valence-corrected chi connectivity index (χ4v) is 3.43. The van der Waals surface area contributed by atoms with Crippen LogP contribution in [0.15, 0.2) is 53.4 Å². The van der Waals surface area contributed by atoms with Gasteiger partial charge in [-0.1, -0.05) is 0 Å². The lowest BCUT2D eigenvalue weighted by Crippen LogP contribution is -2.33. The summed E-state index contributed by atoms with van der Waals surface area (Å²) in [7, 11) is -2.11. The van der Waals surface area contributed by atoms with E-state index < -0.39 is 10.0 Å². The van der Waals surface area contributed by atoms with E-state index in [0.29, 0.717) is 22.2 Å². The summed E-state index contributed by atoms with van der Waals surface area (Å²) in [5.74, 6) is 0.657. The minimum Gasteiger partial charge on any atom is -0.497 e. The smallest absolute Gasteiger partial charge is 0.261 e. The van der Waals surface area contributed by atoms with Crippen molar-refractivity contribution in [3.8, 4) is 5.75 Å². The number of hydrogen-bond acceptors (Lipinski definition) is 4. The Labute approximate surface area is 153 Å². The van der Waals surface area contributed by atoms with E-state index in [4.69, 9.17) is 17.0 Å². The van der Waals surface area contributed by atoms with Crippen LogP contribution >= 0.6 is 12.2 Å². The first kappa shape index (κ1) is 19.0. The predicted molar refractivity (Wildman–Crippen MR) is 105 cm³/mol. The Bertz CT molecular complexity index is 817. The number of anilines is 2. The average molecular weight is 380 g/mol. The van der Waals surface area contributed by atoms with Crippen LogP contribution in [-0.4, -0.2) is 26.7 Å². The highest BCUT2D eigenvalue weighted by molar-refractivity contribution is 7.92. The van der Waals surface area contributed by atoms with Crippen molar-refractivity contribution >= 4 is 38.7 Å². The van der Waals surface area contributed by atoms with Crippen molar-refractivity contribution in [1.29, 1.82) is 0 Å². The number of nitrogens with one attached hydrogen (secondary N) is 3. The molecule has 0 aliphatic heterocycles. The molecule has 0 bridgehead atoms. The van der Waals surface area contributed by atoms with Crippen LogP contribution in [0, 0.1) is 0 Å². The number of rotatable bonds is 6. The number of ether oxygens (including phenoxy) is 1. The van der Waals surface area contributed by atoms with Crippen molar-refractivity contribution in [2.45, 2.75) is 24.8 Å². The second kappa shape index (κ2) is 8.17. The van der Waals surface area contributed by atoms with E-state index in [9.17, 15) is 8.42 Å². The Balaban J connectivity index is 2.07. The number of benzene rings is 2. The van der Waals surface area contributed by atoms with Crippen molar-refractivity contribution in [3.05, 3.63) is 48.5 Å². The highest BCUT2D eigenvalue weighted by Crippen LogP contribution is 2.20. The van der Waals surface area contributed by atoms with Gasteiger partial charge in [0.05, 0.1) is 12.0 Å². The molecule has 0 saturated heterocycles.